The number of amides is 1. The summed E-state index contributed by atoms with van der Waals surface area (Å²) in [6.07, 6.45) is -0.493. The molecule has 2 N–H and O–H groups in total. The molecule has 1 aromatic rings. The molecule has 112 valence electrons. The average molecular weight is 280 g/mol. The molecule has 1 rings (SSSR count). The predicted octanol–water partition coefficient (Wildman–Crippen LogP) is 1.79. The van der Waals surface area contributed by atoms with Gasteiger partial charge in [0.2, 0.25) is 0 Å². The van der Waals surface area contributed by atoms with Crippen molar-refractivity contribution < 1.29 is 14.6 Å². The minimum absolute atomic E-state index is 0.0209. The number of aliphatic hydroxyl groups is 1. The molecule has 1 aromatic carbocycles. The van der Waals surface area contributed by atoms with Crippen LogP contribution < -0.4 is 5.32 Å². The zero-order valence-corrected chi connectivity index (χ0v) is 12.2. The zero-order chi connectivity index (χ0) is 14.8. The van der Waals surface area contributed by atoms with Crippen molar-refractivity contribution in [2.24, 2.45) is 0 Å². The van der Waals surface area contributed by atoms with Gasteiger partial charge in [0, 0.05) is 6.54 Å². The molecule has 0 aliphatic carbocycles. The van der Waals surface area contributed by atoms with Crippen LogP contribution in [0.25, 0.3) is 0 Å². The third-order valence-corrected chi connectivity index (χ3v) is 3.20. The van der Waals surface area contributed by atoms with Gasteiger partial charge in [0.05, 0.1) is 12.6 Å². The molecule has 0 heterocycles. The molecule has 0 aliphatic rings. The first-order chi connectivity index (χ1) is 9.72. The summed E-state index contributed by atoms with van der Waals surface area (Å²) >= 11 is 0. The average Bonchev–Trinajstić information content (AvgIpc) is 2.50. The van der Waals surface area contributed by atoms with Crippen molar-refractivity contribution in [3.8, 4) is 0 Å². The molecule has 0 aliphatic heterocycles. The number of nitrogens with zero attached hydrogens (tertiary/aromatic N) is 1. The van der Waals surface area contributed by atoms with Crippen molar-refractivity contribution in [1.29, 1.82) is 0 Å². The molecule has 0 bridgehead atoms. The van der Waals surface area contributed by atoms with E-state index >= 15 is 0 Å². The molecule has 0 radical (unpaired) electrons. The van der Waals surface area contributed by atoms with Crippen LogP contribution in [0.4, 0.5) is 4.79 Å². The lowest BCUT2D eigenvalue weighted by Crippen LogP contribution is -2.38. The Morgan fingerprint density at radius 2 is 1.95 bits per heavy atom. The Hall–Kier alpha value is -1.59. The molecule has 0 fully saturated rings. The predicted molar refractivity (Wildman–Crippen MR) is 78.5 cm³/mol. The number of hydrogen-bond acceptors (Lipinski definition) is 4. The molecule has 0 spiro atoms. The van der Waals surface area contributed by atoms with Crippen LogP contribution in [0, 0.1) is 0 Å². The second-order valence-corrected chi connectivity index (χ2v) is 4.39. The van der Waals surface area contributed by atoms with Gasteiger partial charge in [-0.15, -0.1) is 0 Å². The van der Waals surface area contributed by atoms with Gasteiger partial charge in [-0.3, -0.25) is 4.90 Å². The maximum Gasteiger partial charge on any atom is 0.407 e. The quantitative estimate of drug-likeness (QED) is 0.762. The van der Waals surface area contributed by atoms with E-state index in [1.54, 1.807) is 0 Å². The molecule has 0 aromatic heterocycles. The lowest BCUT2D eigenvalue weighted by Gasteiger charge is -2.30. The SMILES string of the molecule is CCN(CC)C(CNC(=O)OCCO)c1ccccc1. The first-order valence-corrected chi connectivity index (χ1v) is 7.03. The van der Waals surface area contributed by atoms with Gasteiger partial charge in [-0.1, -0.05) is 44.2 Å². The number of nitrogens with one attached hydrogen (secondary N) is 1. The highest BCUT2D eigenvalue weighted by atomic mass is 16.6. The first kappa shape index (κ1) is 16.5. The second-order valence-electron chi connectivity index (χ2n) is 4.39. The number of likely N-dealkylation sites (N-methyl/N-ethyl adjacent to an activating group) is 1. The van der Waals surface area contributed by atoms with Crippen molar-refractivity contribution in [2.45, 2.75) is 19.9 Å². The van der Waals surface area contributed by atoms with Crippen molar-refractivity contribution in [1.82, 2.24) is 10.2 Å². The van der Waals surface area contributed by atoms with Gasteiger partial charge in [-0.2, -0.15) is 0 Å². The highest BCUT2D eigenvalue weighted by Crippen LogP contribution is 2.19. The zero-order valence-electron chi connectivity index (χ0n) is 12.2. The Kier molecular flexibility index (Phi) is 7.69. The van der Waals surface area contributed by atoms with Crippen LogP contribution in [-0.4, -0.2) is 48.9 Å². The molecular formula is C15H24N2O3. The lowest BCUT2D eigenvalue weighted by molar-refractivity contribution is 0.115. The normalized spacial score (nSPS) is 12.2. The molecule has 5 nitrogen and oxygen atoms in total. The minimum Gasteiger partial charge on any atom is -0.447 e. The van der Waals surface area contributed by atoms with Gasteiger partial charge in [-0.25, -0.2) is 4.79 Å². The Bertz CT molecular complexity index is 380. The van der Waals surface area contributed by atoms with E-state index in [-0.39, 0.29) is 19.3 Å². The summed E-state index contributed by atoms with van der Waals surface area (Å²) in [5.74, 6) is 0. The van der Waals surface area contributed by atoms with Crippen molar-refractivity contribution in [3.63, 3.8) is 0 Å². The van der Waals surface area contributed by atoms with E-state index in [9.17, 15) is 4.79 Å². The monoisotopic (exact) mass is 280 g/mol. The maximum atomic E-state index is 11.5. The van der Waals surface area contributed by atoms with Gasteiger partial charge < -0.3 is 15.2 Å². The Morgan fingerprint density at radius 3 is 2.50 bits per heavy atom. The highest BCUT2D eigenvalue weighted by molar-refractivity contribution is 5.67. The number of aliphatic hydroxyl groups excluding tert-OH is 1. The number of hydrogen-bond donors (Lipinski definition) is 2. The molecule has 1 atom stereocenters. The number of benzene rings is 1. The minimum atomic E-state index is -0.493. The van der Waals surface area contributed by atoms with Crippen LogP contribution in [0.5, 0.6) is 0 Å². The highest BCUT2D eigenvalue weighted by Gasteiger charge is 2.18. The second kappa shape index (κ2) is 9.34. The van der Waals surface area contributed by atoms with E-state index in [4.69, 9.17) is 9.84 Å². The lowest BCUT2D eigenvalue weighted by atomic mass is 10.1. The van der Waals surface area contributed by atoms with Crippen molar-refractivity contribution in [2.75, 3.05) is 32.8 Å². The third-order valence-electron chi connectivity index (χ3n) is 3.20. The topological polar surface area (TPSA) is 61.8 Å². The van der Waals surface area contributed by atoms with E-state index in [1.807, 2.05) is 18.2 Å². The number of carbonyl (C=O) groups is 1. The largest absolute Gasteiger partial charge is 0.447 e. The molecule has 1 amide bonds. The van der Waals surface area contributed by atoms with E-state index in [0.717, 1.165) is 13.1 Å². The van der Waals surface area contributed by atoms with E-state index in [1.165, 1.54) is 5.56 Å². The van der Waals surface area contributed by atoms with E-state index in [2.05, 4.69) is 36.2 Å². The molecule has 20 heavy (non-hydrogen) atoms. The molecule has 0 saturated carbocycles. The van der Waals surface area contributed by atoms with Gasteiger partial charge in [0.25, 0.3) is 0 Å². The Labute approximate surface area is 120 Å². The summed E-state index contributed by atoms with van der Waals surface area (Å²) in [5.41, 5.74) is 1.17. The van der Waals surface area contributed by atoms with Crippen LogP contribution in [0.2, 0.25) is 0 Å². The summed E-state index contributed by atoms with van der Waals surface area (Å²) in [7, 11) is 0. The van der Waals surface area contributed by atoms with Crippen LogP contribution in [0.1, 0.15) is 25.5 Å². The fraction of sp³-hybridized carbons (Fsp3) is 0.533. The summed E-state index contributed by atoms with van der Waals surface area (Å²) in [5, 5.41) is 11.4. The standard InChI is InChI=1S/C15H24N2O3/c1-3-17(4-2)14(13-8-6-5-7-9-13)12-16-15(19)20-11-10-18/h5-9,14,18H,3-4,10-12H2,1-2H3,(H,16,19). The summed E-state index contributed by atoms with van der Waals surface area (Å²) in [6.45, 7) is 6.36. The maximum absolute atomic E-state index is 11.5. The molecular weight excluding hydrogens is 256 g/mol. The summed E-state index contributed by atoms with van der Waals surface area (Å²) in [4.78, 5) is 13.8. The Balaban J connectivity index is 2.66. The van der Waals surface area contributed by atoms with Crippen LogP contribution in [0.15, 0.2) is 30.3 Å². The Morgan fingerprint density at radius 1 is 1.30 bits per heavy atom. The van der Waals surface area contributed by atoms with E-state index in [0.29, 0.717) is 6.54 Å². The van der Waals surface area contributed by atoms with Crippen LogP contribution in [0.3, 0.4) is 0 Å². The summed E-state index contributed by atoms with van der Waals surface area (Å²) in [6, 6.07) is 10.2. The number of alkyl carbamates (subject to hydrolysis) is 1. The van der Waals surface area contributed by atoms with Gasteiger partial charge in [0.15, 0.2) is 0 Å². The van der Waals surface area contributed by atoms with Crippen LogP contribution in [-0.2, 0) is 4.74 Å². The first-order valence-electron chi connectivity index (χ1n) is 7.03. The van der Waals surface area contributed by atoms with Gasteiger partial charge in [-0.05, 0) is 18.7 Å². The molecule has 0 saturated heterocycles. The summed E-state index contributed by atoms with van der Waals surface area (Å²) < 4.78 is 4.81. The molecule has 1 unspecified atom stereocenters. The number of carbonyl (C=O) groups excluding carboxylic acids is 1. The van der Waals surface area contributed by atoms with Crippen LogP contribution >= 0.6 is 0 Å². The number of ether oxygens (including phenoxy) is 1. The van der Waals surface area contributed by atoms with Gasteiger partial charge >= 0.3 is 6.09 Å². The van der Waals surface area contributed by atoms with E-state index < -0.39 is 6.09 Å². The smallest absolute Gasteiger partial charge is 0.407 e. The number of rotatable bonds is 8. The fourth-order valence-corrected chi connectivity index (χ4v) is 2.17. The van der Waals surface area contributed by atoms with Gasteiger partial charge in [0.1, 0.15) is 6.61 Å². The third kappa shape index (κ3) is 5.19. The molecule has 5 heteroatoms. The van der Waals surface area contributed by atoms with Crippen molar-refractivity contribution >= 4 is 6.09 Å². The van der Waals surface area contributed by atoms with Crippen molar-refractivity contribution in [3.05, 3.63) is 35.9 Å². The fourth-order valence-electron chi connectivity index (χ4n) is 2.17.